The molecule has 0 amide bonds. The molecule has 0 atom stereocenters. The molecule has 18 heavy (non-hydrogen) atoms. The zero-order chi connectivity index (χ0) is 12.8. The zero-order valence-electron chi connectivity index (χ0n) is 10.5. The van der Waals surface area contributed by atoms with Crippen LogP contribution in [0.1, 0.15) is 11.5 Å². The topological polar surface area (TPSA) is 47.3 Å². The van der Waals surface area contributed by atoms with Crippen molar-refractivity contribution in [3.63, 3.8) is 0 Å². The van der Waals surface area contributed by atoms with Gasteiger partial charge in [-0.15, -0.1) is 11.8 Å². The standard InChI is InChI=1S/C13H16N2O2S/c1-14-8-10-7-11(17-15-10)9-16-12-5-3-4-6-13(12)18-2/h3-7,14H,8-9H2,1-2H3. The van der Waals surface area contributed by atoms with Gasteiger partial charge < -0.3 is 14.6 Å². The van der Waals surface area contributed by atoms with Gasteiger partial charge in [-0.1, -0.05) is 17.3 Å². The Bertz CT molecular complexity index is 499. The molecule has 0 aliphatic carbocycles. The summed E-state index contributed by atoms with van der Waals surface area (Å²) in [4.78, 5) is 1.12. The van der Waals surface area contributed by atoms with E-state index in [4.69, 9.17) is 9.26 Å². The minimum atomic E-state index is 0.397. The Hall–Kier alpha value is -1.46. The maximum atomic E-state index is 5.73. The van der Waals surface area contributed by atoms with Crippen molar-refractivity contribution in [2.75, 3.05) is 13.3 Å². The third-order valence-corrected chi connectivity index (χ3v) is 3.18. The Balaban J connectivity index is 1.97. The van der Waals surface area contributed by atoms with Crippen molar-refractivity contribution in [2.24, 2.45) is 0 Å². The molecule has 5 heteroatoms. The van der Waals surface area contributed by atoms with Gasteiger partial charge in [0.05, 0.1) is 5.69 Å². The average Bonchev–Trinajstić information content (AvgIpc) is 2.85. The van der Waals surface area contributed by atoms with Crippen LogP contribution in [-0.2, 0) is 13.2 Å². The van der Waals surface area contributed by atoms with E-state index >= 15 is 0 Å². The molecule has 2 rings (SSSR count). The Kier molecular flexibility index (Phi) is 4.66. The molecule has 0 unspecified atom stereocenters. The minimum Gasteiger partial charge on any atom is -0.484 e. The lowest BCUT2D eigenvalue weighted by Gasteiger charge is -2.07. The van der Waals surface area contributed by atoms with Gasteiger partial charge in [0.1, 0.15) is 12.4 Å². The van der Waals surface area contributed by atoms with Crippen LogP contribution in [0.3, 0.4) is 0 Å². The van der Waals surface area contributed by atoms with Crippen LogP contribution < -0.4 is 10.1 Å². The Labute approximate surface area is 111 Å². The van der Waals surface area contributed by atoms with Crippen molar-refractivity contribution in [3.8, 4) is 5.75 Å². The third-order valence-electron chi connectivity index (χ3n) is 2.40. The van der Waals surface area contributed by atoms with Crippen LogP contribution in [-0.4, -0.2) is 18.5 Å². The summed E-state index contributed by atoms with van der Waals surface area (Å²) in [5, 5.41) is 6.96. The highest BCUT2D eigenvalue weighted by Gasteiger charge is 2.06. The van der Waals surface area contributed by atoms with E-state index in [9.17, 15) is 0 Å². The number of ether oxygens (including phenoxy) is 1. The van der Waals surface area contributed by atoms with Gasteiger partial charge in [-0.2, -0.15) is 0 Å². The molecule has 1 heterocycles. The first-order valence-electron chi connectivity index (χ1n) is 5.68. The fourth-order valence-electron chi connectivity index (χ4n) is 1.58. The highest BCUT2D eigenvalue weighted by Crippen LogP contribution is 2.27. The van der Waals surface area contributed by atoms with Gasteiger partial charge in [-0.05, 0) is 25.4 Å². The van der Waals surface area contributed by atoms with Gasteiger partial charge in [0.2, 0.25) is 0 Å². The molecule has 1 aromatic carbocycles. The molecule has 0 aliphatic rings. The molecular formula is C13H16N2O2S. The van der Waals surface area contributed by atoms with Crippen molar-refractivity contribution in [1.82, 2.24) is 10.5 Å². The number of aromatic nitrogens is 1. The van der Waals surface area contributed by atoms with Gasteiger partial charge in [-0.25, -0.2) is 0 Å². The summed E-state index contributed by atoms with van der Waals surface area (Å²) in [7, 11) is 1.87. The number of hydrogen-bond donors (Lipinski definition) is 1. The molecule has 0 saturated heterocycles. The summed E-state index contributed by atoms with van der Waals surface area (Å²) in [5.41, 5.74) is 0.884. The van der Waals surface area contributed by atoms with Gasteiger partial charge in [0, 0.05) is 17.5 Å². The SMILES string of the molecule is CNCc1cc(COc2ccccc2SC)on1. The molecular weight excluding hydrogens is 248 g/mol. The van der Waals surface area contributed by atoms with E-state index in [0.717, 1.165) is 22.1 Å². The average molecular weight is 264 g/mol. The lowest BCUT2D eigenvalue weighted by Crippen LogP contribution is -2.04. The molecule has 0 fully saturated rings. The number of thioether (sulfide) groups is 1. The van der Waals surface area contributed by atoms with E-state index in [-0.39, 0.29) is 0 Å². The van der Waals surface area contributed by atoms with E-state index < -0.39 is 0 Å². The summed E-state index contributed by atoms with van der Waals surface area (Å²) < 4.78 is 10.9. The second-order valence-electron chi connectivity index (χ2n) is 3.75. The first-order chi connectivity index (χ1) is 8.83. The van der Waals surface area contributed by atoms with Crippen molar-refractivity contribution < 1.29 is 9.26 Å². The summed E-state index contributed by atoms with van der Waals surface area (Å²) in [6.07, 6.45) is 2.03. The number of hydrogen-bond acceptors (Lipinski definition) is 5. The number of benzene rings is 1. The van der Waals surface area contributed by atoms with Gasteiger partial charge in [0.25, 0.3) is 0 Å². The van der Waals surface area contributed by atoms with Crippen molar-refractivity contribution in [1.29, 1.82) is 0 Å². The fourth-order valence-corrected chi connectivity index (χ4v) is 2.12. The van der Waals surface area contributed by atoms with Crippen LogP contribution >= 0.6 is 11.8 Å². The number of nitrogens with zero attached hydrogens (tertiary/aromatic N) is 1. The van der Waals surface area contributed by atoms with Gasteiger partial charge >= 0.3 is 0 Å². The third kappa shape index (κ3) is 3.27. The van der Waals surface area contributed by atoms with E-state index in [0.29, 0.717) is 13.2 Å². The summed E-state index contributed by atoms with van der Waals surface area (Å²) in [6.45, 7) is 1.10. The second kappa shape index (κ2) is 6.47. The van der Waals surface area contributed by atoms with Crippen LogP contribution in [0.5, 0.6) is 5.75 Å². The van der Waals surface area contributed by atoms with Crippen LogP contribution in [0.25, 0.3) is 0 Å². The molecule has 2 aromatic rings. The Morgan fingerprint density at radius 1 is 1.39 bits per heavy atom. The van der Waals surface area contributed by atoms with Crippen LogP contribution in [0.15, 0.2) is 39.8 Å². The summed E-state index contributed by atoms with van der Waals surface area (Å²) in [5.74, 6) is 1.60. The number of nitrogens with one attached hydrogen (secondary N) is 1. The maximum absolute atomic E-state index is 5.73. The predicted molar refractivity (Wildman–Crippen MR) is 71.8 cm³/mol. The normalized spacial score (nSPS) is 10.6. The molecule has 1 aromatic heterocycles. The molecule has 0 aliphatic heterocycles. The smallest absolute Gasteiger partial charge is 0.174 e. The molecule has 1 N–H and O–H groups in total. The van der Waals surface area contributed by atoms with Crippen molar-refractivity contribution in [2.45, 2.75) is 18.0 Å². The van der Waals surface area contributed by atoms with E-state index in [1.165, 1.54) is 0 Å². The van der Waals surface area contributed by atoms with E-state index in [2.05, 4.69) is 10.5 Å². The first kappa shape index (κ1) is 13.0. The zero-order valence-corrected chi connectivity index (χ0v) is 11.3. The van der Waals surface area contributed by atoms with Crippen LogP contribution in [0.4, 0.5) is 0 Å². The Morgan fingerprint density at radius 3 is 3.00 bits per heavy atom. The van der Waals surface area contributed by atoms with Gasteiger partial charge in [-0.3, -0.25) is 0 Å². The number of para-hydroxylation sites is 1. The minimum absolute atomic E-state index is 0.397. The molecule has 4 nitrogen and oxygen atoms in total. The van der Waals surface area contributed by atoms with Crippen LogP contribution in [0, 0.1) is 0 Å². The molecule has 96 valence electrons. The quantitative estimate of drug-likeness (QED) is 0.813. The molecule has 0 bridgehead atoms. The second-order valence-corrected chi connectivity index (χ2v) is 4.60. The monoisotopic (exact) mass is 264 g/mol. The summed E-state index contributed by atoms with van der Waals surface area (Å²) in [6, 6.07) is 9.85. The largest absolute Gasteiger partial charge is 0.484 e. The van der Waals surface area contributed by atoms with E-state index in [1.807, 2.05) is 43.6 Å². The maximum Gasteiger partial charge on any atom is 0.174 e. The van der Waals surface area contributed by atoms with Gasteiger partial charge in [0.15, 0.2) is 5.76 Å². The predicted octanol–water partition coefficient (Wildman–Crippen LogP) is 2.69. The first-order valence-corrected chi connectivity index (χ1v) is 6.91. The highest BCUT2D eigenvalue weighted by molar-refractivity contribution is 7.98. The molecule has 0 radical (unpaired) electrons. The highest BCUT2D eigenvalue weighted by atomic mass is 32.2. The lowest BCUT2D eigenvalue weighted by atomic mass is 10.3. The molecule has 0 saturated carbocycles. The Morgan fingerprint density at radius 2 is 2.22 bits per heavy atom. The van der Waals surface area contributed by atoms with Crippen molar-refractivity contribution in [3.05, 3.63) is 41.8 Å². The van der Waals surface area contributed by atoms with E-state index in [1.54, 1.807) is 11.8 Å². The van der Waals surface area contributed by atoms with Crippen LogP contribution in [0.2, 0.25) is 0 Å². The summed E-state index contributed by atoms with van der Waals surface area (Å²) >= 11 is 1.66. The van der Waals surface area contributed by atoms with Crippen molar-refractivity contribution >= 4 is 11.8 Å². The fraction of sp³-hybridized carbons (Fsp3) is 0.308. The number of rotatable bonds is 6. The molecule has 0 spiro atoms. The lowest BCUT2D eigenvalue weighted by molar-refractivity contribution is 0.244.